The number of nitrogens with one attached hydrogen (secondary N) is 1. The number of anilines is 1. The summed E-state index contributed by atoms with van der Waals surface area (Å²) >= 11 is 0. The first-order valence-electron chi connectivity index (χ1n) is 7.71. The highest BCUT2D eigenvalue weighted by Crippen LogP contribution is 2.23. The van der Waals surface area contributed by atoms with E-state index in [-0.39, 0.29) is 11.9 Å². The van der Waals surface area contributed by atoms with Crippen LogP contribution in [0, 0.1) is 6.92 Å². The number of hydrogen-bond acceptors (Lipinski definition) is 3. The van der Waals surface area contributed by atoms with E-state index >= 15 is 0 Å². The molecule has 1 amide bonds. The van der Waals surface area contributed by atoms with Gasteiger partial charge in [0.25, 0.3) is 0 Å². The second-order valence-electron chi connectivity index (χ2n) is 5.77. The Bertz CT molecular complexity index is 653. The Morgan fingerprint density at radius 1 is 1.17 bits per heavy atom. The molecule has 0 aromatic heterocycles. The number of hydrogen-bond donors (Lipinski definition) is 1. The van der Waals surface area contributed by atoms with E-state index in [1.165, 1.54) is 11.1 Å². The minimum atomic E-state index is -0.249. The summed E-state index contributed by atoms with van der Waals surface area (Å²) in [5.74, 6) is 0.610. The Morgan fingerprint density at radius 2 is 1.83 bits per heavy atom. The van der Waals surface area contributed by atoms with Crippen LogP contribution in [0.25, 0.3) is 0 Å². The molecule has 0 spiro atoms. The van der Waals surface area contributed by atoms with Gasteiger partial charge in [-0.25, -0.2) is 0 Å². The maximum absolute atomic E-state index is 12.5. The lowest BCUT2D eigenvalue weighted by Gasteiger charge is -2.24. The number of ether oxygens (including phenoxy) is 1. The van der Waals surface area contributed by atoms with Gasteiger partial charge in [-0.3, -0.25) is 9.69 Å². The number of aryl methyl sites for hydroxylation is 1. The molecule has 0 aliphatic rings. The molecule has 4 heteroatoms. The van der Waals surface area contributed by atoms with Crippen LogP contribution in [0.15, 0.2) is 48.5 Å². The first-order chi connectivity index (χ1) is 11.0. The molecule has 0 unspecified atom stereocenters. The van der Waals surface area contributed by atoms with Crippen LogP contribution < -0.4 is 10.1 Å². The van der Waals surface area contributed by atoms with Crippen molar-refractivity contribution in [3.63, 3.8) is 0 Å². The van der Waals surface area contributed by atoms with Crippen LogP contribution in [0.5, 0.6) is 5.75 Å². The second kappa shape index (κ2) is 7.79. The van der Waals surface area contributed by atoms with Gasteiger partial charge in [-0.05, 0) is 38.6 Å². The largest absolute Gasteiger partial charge is 0.495 e. The van der Waals surface area contributed by atoms with Gasteiger partial charge in [0.1, 0.15) is 5.75 Å². The molecule has 0 saturated carbocycles. The van der Waals surface area contributed by atoms with Crippen LogP contribution in [0.2, 0.25) is 0 Å². The minimum absolute atomic E-state index is 0.0517. The smallest absolute Gasteiger partial charge is 0.241 e. The van der Waals surface area contributed by atoms with Gasteiger partial charge >= 0.3 is 0 Å². The van der Waals surface area contributed by atoms with Crippen molar-refractivity contribution >= 4 is 11.6 Å². The number of methoxy groups -OCH3 is 1. The first-order valence-corrected chi connectivity index (χ1v) is 7.71. The zero-order valence-electron chi connectivity index (χ0n) is 14.2. The molecule has 0 bridgehead atoms. The van der Waals surface area contributed by atoms with Gasteiger partial charge in [-0.1, -0.05) is 42.0 Å². The van der Waals surface area contributed by atoms with E-state index in [4.69, 9.17) is 4.74 Å². The van der Waals surface area contributed by atoms with Gasteiger partial charge in [0.15, 0.2) is 0 Å². The van der Waals surface area contributed by atoms with Gasteiger partial charge in [-0.15, -0.1) is 0 Å². The molecule has 4 nitrogen and oxygen atoms in total. The van der Waals surface area contributed by atoms with E-state index in [1.54, 1.807) is 7.11 Å². The van der Waals surface area contributed by atoms with Crippen molar-refractivity contribution in [3.8, 4) is 5.75 Å². The summed E-state index contributed by atoms with van der Waals surface area (Å²) in [7, 11) is 3.55. The summed E-state index contributed by atoms with van der Waals surface area (Å²) in [6.07, 6.45) is 0. The Balaban J connectivity index is 1.99. The number of benzene rings is 2. The number of likely N-dealkylation sites (N-methyl/N-ethyl adjacent to an activating group) is 1. The van der Waals surface area contributed by atoms with Crippen molar-refractivity contribution in [3.05, 3.63) is 59.7 Å². The molecule has 0 aliphatic heterocycles. The Labute approximate surface area is 138 Å². The Hall–Kier alpha value is -2.33. The van der Waals surface area contributed by atoms with Crippen molar-refractivity contribution in [1.82, 2.24) is 4.90 Å². The number of amides is 1. The van der Waals surface area contributed by atoms with E-state index in [0.29, 0.717) is 11.4 Å². The summed E-state index contributed by atoms with van der Waals surface area (Å²) < 4.78 is 5.26. The van der Waals surface area contributed by atoms with Gasteiger partial charge < -0.3 is 10.1 Å². The standard InChI is InChI=1S/C19H24N2O2/c1-14-9-11-16(12-10-14)13-21(3)15(2)19(22)20-17-7-5-6-8-18(17)23-4/h5-12,15H,13H2,1-4H3,(H,20,22)/t15-/m0/s1. The minimum Gasteiger partial charge on any atom is -0.495 e. The molecule has 0 radical (unpaired) electrons. The lowest BCUT2D eigenvalue weighted by molar-refractivity contribution is -0.120. The maximum Gasteiger partial charge on any atom is 0.241 e. The molecular formula is C19H24N2O2. The van der Waals surface area contributed by atoms with E-state index in [9.17, 15) is 4.79 Å². The quantitative estimate of drug-likeness (QED) is 0.888. The van der Waals surface area contributed by atoms with Crippen molar-refractivity contribution in [2.24, 2.45) is 0 Å². The highest BCUT2D eigenvalue weighted by molar-refractivity contribution is 5.95. The molecule has 23 heavy (non-hydrogen) atoms. The third kappa shape index (κ3) is 4.57. The SMILES string of the molecule is COc1ccccc1NC(=O)[C@H](C)N(C)Cc1ccc(C)cc1. The lowest BCUT2D eigenvalue weighted by atomic mass is 10.1. The highest BCUT2D eigenvalue weighted by atomic mass is 16.5. The Morgan fingerprint density at radius 3 is 2.48 bits per heavy atom. The topological polar surface area (TPSA) is 41.6 Å². The second-order valence-corrected chi connectivity index (χ2v) is 5.77. The van der Waals surface area contributed by atoms with Crippen LogP contribution >= 0.6 is 0 Å². The fraction of sp³-hybridized carbons (Fsp3) is 0.316. The molecule has 0 heterocycles. The normalized spacial score (nSPS) is 12.0. The number of carbonyl (C=O) groups excluding carboxylic acids is 1. The van der Waals surface area contributed by atoms with Crippen molar-refractivity contribution in [2.45, 2.75) is 26.4 Å². The molecule has 0 fully saturated rings. The predicted octanol–water partition coefficient (Wildman–Crippen LogP) is 3.46. The van der Waals surface area contributed by atoms with Crippen molar-refractivity contribution < 1.29 is 9.53 Å². The average molecular weight is 312 g/mol. The van der Waals surface area contributed by atoms with E-state index in [1.807, 2.05) is 43.1 Å². The van der Waals surface area contributed by atoms with Crippen LogP contribution in [-0.4, -0.2) is 31.0 Å². The van der Waals surface area contributed by atoms with E-state index < -0.39 is 0 Å². The summed E-state index contributed by atoms with van der Waals surface area (Å²) in [6, 6.07) is 15.5. The van der Waals surface area contributed by atoms with Gasteiger partial charge in [0.05, 0.1) is 18.8 Å². The average Bonchev–Trinajstić information content (AvgIpc) is 2.56. The maximum atomic E-state index is 12.5. The summed E-state index contributed by atoms with van der Waals surface area (Å²) in [5.41, 5.74) is 3.11. The fourth-order valence-electron chi connectivity index (χ4n) is 2.30. The monoisotopic (exact) mass is 312 g/mol. The molecule has 0 aliphatic carbocycles. The summed E-state index contributed by atoms with van der Waals surface area (Å²) in [4.78, 5) is 14.5. The number of nitrogens with zero attached hydrogens (tertiary/aromatic N) is 1. The zero-order valence-corrected chi connectivity index (χ0v) is 14.2. The van der Waals surface area contributed by atoms with Gasteiger partial charge in [-0.2, -0.15) is 0 Å². The third-order valence-electron chi connectivity index (χ3n) is 3.96. The predicted molar refractivity (Wildman–Crippen MR) is 93.7 cm³/mol. The van der Waals surface area contributed by atoms with Crippen LogP contribution in [0.1, 0.15) is 18.1 Å². The van der Waals surface area contributed by atoms with E-state index in [2.05, 4.69) is 36.5 Å². The molecule has 2 aromatic rings. The Kier molecular flexibility index (Phi) is 5.77. The molecule has 2 aromatic carbocycles. The molecule has 1 atom stereocenters. The molecular weight excluding hydrogens is 288 g/mol. The van der Waals surface area contributed by atoms with E-state index in [0.717, 1.165) is 6.54 Å². The number of carbonyl (C=O) groups is 1. The summed E-state index contributed by atoms with van der Waals surface area (Å²) in [6.45, 7) is 4.69. The van der Waals surface area contributed by atoms with Crippen LogP contribution in [0.4, 0.5) is 5.69 Å². The van der Waals surface area contributed by atoms with Crippen molar-refractivity contribution in [1.29, 1.82) is 0 Å². The molecule has 1 N–H and O–H groups in total. The first kappa shape index (κ1) is 17.0. The third-order valence-corrected chi connectivity index (χ3v) is 3.96. The lowest BCUT2D eigenvalue weighted by Crippen LogP contribution is -2.39. The molecule has 0 saturated heterocycles. The zero-order chi connectivity index (χ0) is 16.8. The number of para-hydroxylation sites is 2. The van der Waals surface area contributed by atoms with Gasteiger partial charge in [0, 0.05) is 6.54 Å². The molecule has 122 valence electrons. The van der Waals surface area contributed by atoms with Gasteiger partial charge in [0.2, 0.25) is 5.91 Å². The van der Waals surface area contributed by atoms with Crippen LogP contribution in [0.3, 0.4) is 0 Å². The summed E-state index contributed by atoms with van der Waals surface area (Å²) in [5, 5.41) is 2.93. The highest BCUT2D eigenvalue weighted by Gasteiger charge is 2.19. The molecule has 2 rings (SSSR count). The van der Waals surface area contributed by atoms with Crippen molar-refractivity contribution in [2.75, 3.05) is 19.5 Å². The van der Waals surface area contributed by atoms with Crippen LogP contribution in [-0.2, 0) is 11.3 Å². The fourth-order valence-corrected chi connectivity index (χ4v) is 2.30. The number of rotatable bonds is 6.